The van der Waals surface area contributed by atoms with Crippen molar-refractivity contribution in [1.29, 1.82) is 0 Å². The van der Waals surface area contributed by atoms with Crippen LogP contribution in [0.5, 0.6) is 0 Å². The maximum atomic E-state index is 6.48. The summed E-state index contributed by atoms with van der Waals surface area (Å²) in [6.07, 6.45) is 5.11. The molecule has 3 nitrogen and oxygen atoms in total. The van der Waals surface area contributed by atoms with Gasteiger partial charge in [0.25, 0.3) is 0 Å². The molecule has 0 aliphatic heterocycles. The summed E-state index contributed by atoms with van der Waals surface area (Å²) in [6, 6.07) is 12.9. The van der Waals surface area contributed by atoms with E-state index in [9.17, 15) is 0 Å². The van der Waals surface area contributed by atoms with Gasteiger partial charge >= 0.3 is 29.6 Å². The number of benzene rings is 1. The Bertz CT molecular complexity index is 1180. The molecule has 0 saturated heterocycles. The van der Waals surface area contributed by atoms with Crippen LogP contribution in [-0.2, 0) is 5.41 Å². The van der Waals surface area contributed by atoms with Gasteiger partial charge in [-0.2, -0.15) is 0 Å². The van der Waals surface area contributed by atoms with E-state index < -0.39 is 0 Å². The first-order valence-corrected chi connectivity index (χ1v) is 13.2. The number of nitrogen functional groups attached to an aromatic ring is 1. The molecule has 1 aromatic carbocycles. The van der Waals surface area contributed by atoms with Crippen molar-refractivity contribution in [2.75, 3.05) is 5.73 Å². The molecule has 0 atom stereocenters. The minimum Gasteiger partial charge on any atom is -0.423 e. The Morgan fingerprint density at radius 2 is 1.14 bits per heavy atom. The van der Waals surface area contributed by atoms with Crippen molar-refractivity contribution in [3.63, 3.8) is 0 Å². The van der Waals surface area contributed by atoms with Crippen molar-refractivity contribution in [3.8, 4) is 11.1 Å². The molecule has 0 radical (unpaired) electrons. The van der Waals surface area contributed by atoms with Crippen LogP contribution < -0.4 is 35.3 Å². The zero-order valence-corrected chi connectivity index (χ0v) is 27.5. The van der Waals surface area contributed by atoms with E-state index in [1.54, 1.807) is 0 Å². The Kier molecular flexibility index (Phi) is 8.14. The fourth-order valence-corrected chi connectivity index (χ4v) is 7.24. The summed E-state index contributed by atoms with van der Waals surface area (Å²) < 4.78 is 1.92. The smallest absolute Gasteiger partial charge is 0.423 e. The van der Waals surface area contributed by atoms with Gasteiger partial charge in [0.15, 0.2) is 0 Å². The summed E-state index contributed by atoms with van der Waals surface area (Å²) in [5.41, 5.74) is 11.0. The van der Waals surface area contributed by atoms with Crippen molar-refractivity contribution in [1.82, 2.24) is 9.38 Å². The molecule has 0 spiro atoms. The van der Waals surface area contributed by atoms with Crippen LogP contribution in [0.15, 0.2) is 42.6 Å². The normalized spacial score (nSPS) is 22.1. The van der Waals surface area contributed by atoms with Gasteiger partial charge < -0.3 is 15.1 Å². The second-order valence-electron chi connectivity index (χ2n) is 13.0. The van der Waals surface area contributed by atoms with E-state index >= 15 is 0 Å². The van der Waals surface area contributed by atoms with E-state index in [4.69, 9.17) is 5.73 Å². The van der Waals surface area contributed by atoms with Crippen molar-refractivity contribution in [3.05, 3.63) is 54.4 Å². The number of hydrogen-bond donors (Lipinski definition) is 1. The maximum Gasteiger partial charge on any atom is 1.00 e. The zero-order valence-electron chi connectivity index (χ0n) is 25.5. The van der Waals surface area contributed by atoms with Gasteiger partial charge in [0.1, 0.15) is 0 Å². The second-order valence-corrected chi connectivity index (χ2v) is 13.0. The molecule has 1 aliphatic carbocycles. The Hall–Kier alpha value is -1.29. The number of rotatable bonds is 2. The van der Waals surface area contributed by atoms with Crippen LogP contribution in [0, 0.1) is 33.3 Å². The van der Waals surface area contributed by atoms with Crippen LogP contribution in [0.25, 0.3) is 16.8 Å². The molecule has 36 heavy (non-hydrogen) atoms. The van der Waals surface area contributed by atoms with E-state index in [1.165, 1.54) is 5.56 Å². The van der Waals surface area contributed by atoms with Crippen molar-refractivity contribution in [2.45, 2.75) is 95.4 Å². The predicted octanol–water partition coefficient (Wildman–Crippen LogP) is 5.82. The summed E-state index contributed by atoms with van der Waals surface area (Å²) >= 11 is 0. The Morgan fingerprint density at radius 1 is 0.694 bits per heavy atom. The average molecular weight is 498 g/mol. The Morgan fingerprint density at radius 3 is 1.61 bits per heavy atom. The topological polar surface area (TPSA) is 43.3 Å². The van der Waals surface area contributed by atoms with Gasteiger partial charge in [-0.15, -0.1) is 0 Å². The molecule has 4 rings (SSSR count). The quantitative estimate of drug-likeness (QED) is 0.358. The monoisotopic (exact) mass is 497 g/mol. The van der Waals surface area contributed by atoms with Gasteiger partial charge in [0.05, 0.1) is 5.65 Å². The largest absolute Gasteiger partial charge is 1.00 e. The number of fused-ring (bicyclic) bond motifs is 1. The molecule has 192 valence electrons. The van der Waals surface area contributed by atoms with Gasteiger partial charge in [-0.05, 0) is 45.0 Å². The van der Waals surface area contributed by atoms with Crippen LogP contribution in [0.3, 0.4) is 0 Å². The molecule has 2 heterocycles. The number of aromatic nitrogens is 2. The van der Waals surface area contributed by atoms with E-state index in [0.717, 1.165) is 16.8 Å². The van der Waals surface area contributed by atoms with Crippen LogP contribution in [0.4, 0.5) is 5.82 Å². The standard InChI is InChI=1S/C30H42N3.C2H6.Na/c1-25(2)26(3,4)28(7,8)30(11,29(9,10)27(25,5)6)21-16-14-20(15-17-21)22-19-32-23-13-12-18-33(23)24(22)31;1-2;/h12-18H,31H2,1-11H3;1-2H3;/q-1;;+1. The van der Waals surface area contributed by atoms with E-state index in [2.05, 4.69) is 112 Å². The first-order chi connectivity index (χ1) is 16.0. The first-order valence-electron chi connectivity index (χ1n) is 13.2. The predicted molar refractivity (Wildman–Crippen MR) is 151 cm³/mol. The van der Waals surface area contributed by atoms with E-state index in [1.807, 2.05) is 36.6 Å². The van der Waals surface area contributed by atoms with E-state index in [0.29, 0.717) is 5.82 Å². The van der Waals surface area contributed by atoms with Crippen LogP contribution >= 0.6 is 0 Å². The molecule has 4 heteroatoms. The molecular weight excluding hydrogens is 449 g/mol. The van der Waals surface area contributed by atoms with Crippen LogP contribution in [0.1, 0.15) is 95.6 Å². The summed E-state index contributed by atoms with van der Waals surface area (Å²) in [5, 5.41) is 0. The molecule has 2 aromatic heterocycles. The molecule has 0 bridgehead atoms. The second kappa shape index (κ2) is 9.47. The minimum atomic E-state index is -0.0566. The fourth-order valence-electron chi connectivity index (χ4n) is 7.24. The Balaban J connectivity index is 0.00000148. The summed E-state index contributed by atoms with van der Waals surface area (Å²) in [6.45, 7) is 31.3. The Labute approximate surface area is 243 Å². The van der Waals surface area contributed by atoms with Crippen molar-refractivity contribution < 1.29 is 29.6 Å². The third-order valence-corrected chi connectivity index (χ3v) is 12.0. The van der Waals surface area contributed by atoms with Crippen LogP contribution in [0.2, 0.25) is 0 Å². The zero-order chi connectivity index (χ0) is 26.8. The number of nitrogens with zero attached hydrogens (tertiary/aromatic N) is 2. The molecule has 1 fully saturated rings. The summed E-state index contributed by atoms with van der Waals surface area (Å²) in [7, 11) is 0. The van der Waals surface area contributed by atoms with Gasteiger partial charge in [0.2, 0.25) is 0 Å². The van der Waals surface area contributed by atoms with Crippen molar-refractivity contribution >= 4 is 11.5 Å². The minimum absolute atomic E-state index is 0. The third kappa shape index (κ3) is 3.59. The fraction of sp³-hybridized carbons (Fsp3) is 0.594. The molecule has 3 aromatic rings. The van der Waals surface area contributed by atoms with Gasteiger partial charge in [0, 0.05) is 11.2 Å². The molecule has 0 amide bonds. The summed E-state index contributed by atoms with van der Waals surface area (Å²) in [4.78, 5) is 4.46. The number of anilines is 1. The molecule has 2 N–H and O–H groups in total. The summed E-state index contributed by atoms with van der Waals surface area (Å²) in [5.74, 6) is 0.673. The van der Waals surface area contributed by atoms with Gasteiger partial charge in [-0.25, -0.2) is 0 Å². The van der Waals surface area contributed by atoms with Crippen molar-refractivity contribution in [2.24, 2.45) is 27.1 Å². The number of hydrogen-bond acceptors (Lipinski definition) is 2. The molecule has 0 unspecified atom stereocenters. The van der Waals surface area contributed by atoms with E-state index in [-0.39, 0.29) is 62.0 Å². The van der Waals surface area contributed by atoms with Crippen LogP contribution in [-0.4, -0.2) is 9.38 Å². The first kappa shape index (κ1) is 30.9. The SMILES string of the molecule is CC.CC1(C)C(C)(C)C(C)(C)C(C)(c2ccc(-c3[c-]nc4cccn4c3N)cc2)C(C)(C)C1(C)C.[Na+]. The third-order valence-electron chi connectivity index (χ3n) is 12.0. The number of nitrogens with two attached hydrogens (primary N) is 1. The van der Waals surface area contributed by atoms with Gasteiger partial charge in [-0.3, -0.25) is 0 Å². The van der Waals surface area contributed by atoms with Gasteiger partial charge in [-0.1, -0.05) is 138 Å². The molecular formula is C32H48N3Na. The maximum absolute atomic E-state index is 6.48. The molecule has 1 aliphatic rings. The average Bonchev–Trinajstić information content (AvgIpc) is 3.29. The molecule has 1 saturated carbocycles.